The SMILES string of the molecule is CC/C=C\C/C=C\C/C=C\C/C=C\C/C=C\C/C=C\C/C=C\C/C=C\C/C=C\CCCCCCCCCCCCCCCC(=O)NC(CO)C(O)/C=C/CC/C=C/CC/C=C/CCC. The molecule has 3 N–H and O–H groups in total. The van der Waals surface area contributed by atoms with E-state index < -0.39 is 12.1 Å². The molecule has 64 heavy (non-hydrogen) atoms. The summed E-state index contributed by atoms with van der Waals surface area (Å²) in [7, 11) is 0. The predicted octanol–water partition coefficient (Wildman–Crippen LogP) is 17.2. The zero-order valence-electron chi connectivity index (χ0n) is 41.2. The van der Waals surface area contributed by atoms with Crippen LogP contribution in [0.5, 0.6) is 0 Å². The molecule has 0 heterocycles. The van der Waals surface area contributed by atoms with Crippen LogP contribution in [-0.2, 0) is 4.79 Å². The van der Waals surface area contributed by atoms with E-state index in [0.29, 0.717) is 6.42 Å². The van der Waals surface area contributed by atoms with Crippen LogP contribution in [0.4, 0.5) is 0 Å². The second-order valence-electron chi connectivity index (χ2n) is 16.8. The Bertz CT molecular complexity index is 1370. The van der Waals surface area contributed by atoms with Crippen LogP contribution in [0, 0.1) is 0 Å². The molecule has 0 aromatic carbocycles. The number of aliphatic hydroxyl groups excluding tert-OH is 2. The van der Waals surface area contributed by atoms with E-state index in [2.05, 4.69) is 153 Å². The lowest BCUT2D eigenvalue weighted by Crippen LogP contribution is -2.45. The summed E-state index contributed by atoms with van der Waals surface area (Å²) in [6, 6.07) is -0.653. The summed E-state index contributed by atoms with van der Waals surface area (Å²) in [5.41, 5.74) is 0. The van der Waals surface area contributed by atoms with Crippen LogP contribution in [0.25, 0.3) is 0 Å². The number of rotatable bonds is 45. The highest BCUT2D eigenvalue weighted by atomic mass is 16.3. The van der Waals surface area contributed by atoms with Crippen LogP contribution in [0.3, 0.4) is 0 Å². The molecule has 0 spiro atoms. The van der Waals surface area contributed by atoms with Crippen molar-refractivity contribution in [1.29, 1.82) is 0 Å². The first kappa shape index (κ1) is 60.3. The number of amides is 1. The molecule has 360 valence electrons. The second-order valence-corrected chi connectivity index (χ2v) is 16.8. The van der Waals surface area contributed by atoms with Gasteiger partial charge in [-0.25, -0.2) is 0 Å². The molecular weight excluding hydrogens is 783 g/mol. The first-order valence-corrected chi connectivity index (χ1v) is 26.0. The van der Waals surface area contributed by atoms with E-state index in [0.717, 1.165) is 103 Å². The van der Waals surface area contributed by atoms with Crippen molar-refractivity contribution in [3.8, 4) is 0 Å². The number of hydrogen-bond acceptors (Lipinski definition) is 3. The van der Waals surface area contributed by atoms with Gasteiger partial charge in [-0.15, -0.1) is 0 Å². The quantitative estimate of drug-likeness (QED) is 0.0422. The first-order valence-electron chi connectivity index (χ1n) is 26.0. The predicted molar refractivity (Wildman–Crippen MR) is 285 cm³/mol. The van der Waals surface area contributed by atoms with E-state index in [1.807, 2.05) is 6.08 Å². The molecule has 0 radical (unpaired) electrons. The Morgan fingerprint density at radius 3 is 1.08 bits per heavy atom. The molecule has 0 aromatic rings. The van der Waals surface area contributed by atoms with Crippen molar-refractivity contribution in [2.24, 2.45) is 0 Å². The van der Waals surface area contributed by atoms with Crippen LogP contribution in [0.2, 0.25) is 0 Å². The number of aliphatic hydroxyl groups is 2. The number of unbranched alkanes of at least 4 members (excludes halogenated alkanes) is 16. The van der Waals surface area contributed by atoms with Gasteiger partial charge in [0.2, 0.25) is 5.91 Å². The van der Waals surface area contributed by atoms with E-state index in [-0.39, 0.29) is 12.5 Å². The van der Waals surface area contributed by atoms with Crippen LogP contribution in [-0.4, -0.2) is 34.9 Å². The molecule has 0 bridgehead atoms. The molecule has 2 unspecified atom stereocenters. The van der Waals surface area contributed by atoms with Crippen molar-refractivity contribution < 1.29 is 15.0 Å². The topological polar surface area (TPSA) is 69.6 Å². The molecule has 1 amide bonds. The van der Waals surface area contributed by atoms with Crippen molar-refractivity contribution in [2.75, 3.05) is 6.61 Å². The summed E-state index contributed by atoms with van der Waals surface area (Å²) in [5.74, 6) is -0.0879. The normalized spacial score (nSPS) is 14.1. The molecule has 0 aliphatic carbocycles. The Morgan fingerprint density at radius 2 is 0.703 bits per heavy atom. The molecular formula is C60H97NO3. The minimum Gasteiger partial charge on any atom is -0.394 e. The third-order valence-corrected chi connectivity index (χ3v) is 10.8. The minimum absolute atomic E-state index is 0.0879. The summed E-state index contributed by atoms with van der Waals surface area (Å²) < 4.78 is 0. The maximum Gasteiger partial charge on any atom is 0.220 e. The Kier molecular flexibility index (Phi) is 50.5. The average Bonchev–Trinajstić information content (AvgIpc) is 3.30. The third kappa shape index (κ3) is 49.3. The summed E-state index contributed by atoms with van der Waals surface area (Å²) in [5, 5.41) is 22.9. The van der Waals surface area contributed by atoms with Gasteiger partial charge >= 0.3 is 0 Å². The van der Waals surface area contributed by atoms with Crippen molar-refractivity contribution in [2.45, 2.75) is 219 Å². The first-order chi connectivity index (χ1) is 31.7. The zero-order chi connectivity index (χ0) is 46.3. The molecule has 4 heteroatoms. The van der Waals surface area contributed by atoms with Gasteiger partial charge in [-0.3, -0.25) is 4.79 Å². The van der Waals surface area contributed by atoms with Gasteiger partial charge in [0.25, 0.3) is 0 Å². The molecule has 0 fully saturated rings. The van der Waals surface area contributed by atoms with Crippen molar-refractivity contribution >= 4 is 5.91 Å². The summed E-state index contributed by atoms with van der Waals surface area (Å²) in [6.07, 6.45) is 85.7. The van der Waals surface area contributed by atoms with E-state index >= 15 is 0 Å². The van der Waals surface area contributed by atoms with E-state index in [9.17, 15) is 15.0 Å². The van der Waals surface area contributed by atoms with Gasteiger partial charge in [0.15, 0.2) is 0 Å². The maximum atomic E-state index is 12.4. The van der Waals surface area contributed by atoms with Gasteiger partial charge in [-0.2, -0.15) is 0 Å². The molecule has 4 nitrogen and oxygen atoms in total. The Labute approximate surface area is 395 Å². The standard InChI is InChI=1S/C60H97NO3/c1-3-5-7-9-11-13-15-16-17-18-19-20-21-22-23-24-25-26-27-28-29-30-31-32-33-34-35-36-37-38-39-40-41-42-43-44-46-48-50-52-54-56-60(64)61-58(57-62)59(63)55-53-51-49-47-45-14-12-10-8-6-4-2/h5,7-8,10-11,13,16-17,19-20,22-23,25-26,28-29,31-32,34-35,45,47,53,55,58-59,62-63H,3-4,6,9,12,14-15,18,21,24,27,30,33,36-44,46,48-52,54,56-57H2,1-2H3,(H,61,64)/b7-5-,10-8+,13-11-,17-16-,20-19-,23-22-,26-25-,29-28-,32-31-,35-34-,47-45+,55-53+. The maximum absolute atomic E-state index is 12.4. The fourth-order valence-electron chi connectivity index (χ4n) is 6.86. The average molecular weight is 880 g/mol. The van der Waals surface area contributed by atoms with Gasteiger partial charge in [0, 0.05) is 6.42 Å². The number of nitrogens with one attached hydrogen (secondary N) is 1. The minimum atomic E-state index is -0.877. The lowest BCUT2D eigenvalue weighted by Gasteiger charge is -2.19. The Hall–Kier alpha value is -3.73. The lowest BCUT2D eigenvalue weighted by atomic mass is 10.0. The van der Waals surface area contributed by atoms with E-state index in [4.69, 9.17) is 0 Å². The summed E-state index contributed by atoms with van der Waals surface area (Å²) in [6.45, 7) is 4.08. The van der Waals surface area contributed by atoms with Gasteiger partial charge < -0.3 is 15.5 Å². The fourth-order valence-corrected chi connectivity index (χ4v) is 6.86. The van der Waals surface area contributed by atoms with Crippen LogP contribution < -0.4 is 5.32 Å². The number of hydrogen-bond donors (Lipinski definition) is 3. The molecule has 0 aliphatic heterocycles. The van der Waals surface area contributed by atoms with Crippen LogP contribution >= 0.6 is 0 Å². The molecule has 0 aromatic heterocycles. The van der Waals surface area contributed by atoms with Gasteiger partial charge in [-0.05, 0) is 109 Å². The van der Waals surface area contributed by atoms with E-state index in [1.54, 1.807) is 6.08 Å². The highest BCUT2D eigenvalue weighted by Crippen LogP contribution is 2.14. The van der Waals surface area contributed by atoms with Crippen molar-refractivity contribution in [3.63, 3.8) is 0 Å². The Balaban J connectivity index is 3.59. The van der Waals surface area contributed by atoms with Crippen LogP contribution in [0.1, 0.15) is 206 Å². The largest absolute Gasteiger partial charge is 0.394 e. The number of carbonyl (C=O) groups excluding carboxylic acids is 1. The second kappa shape index (κ2) is 53.6. The van der Waals surface area contributed by atoms with Crippen LogP contribution in [0.15, 0.2) is 146 Å². The zero-order valence-corrected chi connectivity index (χ0v) is 41.2. The number of carbonyl (C=O) groups is 1. The highest BCUT2D eigenvalue weighted by molar-refractivity contribution is 5.76. The molecule has 0 saturated heterocycles. The van der Waals surface area contributed by atoms with Crippen molar-refractivity contribution in [1.82, 2.24) is 5.32 Å². The molecule has 2 atom stereocenters. The van der Waals surface area contributed by atoms with Gasteiger partial charge in [0.05, 0.1) is 18.8 Å². The summed E-state index contributed by atoms with van der Waals surface area (Å²) in [4.78, 5) is 12.4. The monoisotopic (exact) mass is 880 g/mol. The summed E-state index contributed by atoms with van der Waals surface area (Å²) >= 11 is 0. The highest BCUT2D eigenvalue weighted by Gasteiger charge is 2.17. The third-order valence-electron chi connectivity index (χ3n) is 10.8. The fraction of sp³-hybridized carbons (Fsp3) is 0.583. The molecule has 0 saturated carbocycles. The lowest BCUT2D eigenvalue weighted by molar-refractivity contribution is -0.123. The van der Waals surface area contributed by atoms with E-state index in [1.165, 1.54) is 83.5 Å². The Morgan fingerprint density at radius 1 is 0.391 bits per heavy atom. The van der Waals surface area contributed by atoms with Gasteiger partial charge in [-0.1, -0.05) is 237 Å². The molecule has 0 aliphatic rings. The smallest absolute Gasteiger partial charge is 0.220 e. The van der Waals surface area contributed by atoms with Crippen molar-refractivity contribution in [3.05, 3.63) is 146 Å². The molecule has 0 rings (SSSR count). The van der Waals surface area contributed by atoms with Gasteiger partial charge in [0.1, 0.15) is 0 Å². The number of allylic oxidation sites excluding steroid dienone is 23.